The lowest BCUT2D eigenvalue weighted by Gasteiger charge is -2.27. The molecule has 1 aliphatic heterocycles. The standard InChI is InChI=1S/C20H22N4O2S2/c1-13-12-28-20-22-15(10-18(25)24(13)20)11-21-17-5-3-4-16(14(17)2)19(26)23-6-8-27-9-7-23/h3-5,10,12,21H,6-9,11H2,1-2H3. The normalized spacial score (nSPS) is 14.4. The molecule has 1 aromatic carbocycles. The Morgan fingerprint density at radius 1 is 1.25 bits per heavy atom. The van der Waals surface area contributed by atoms with Crippen LogP contribution in [0.15, 0.2) is 34.4 Å². The van der Waals surface area contributed by atoms with Crippen molar-refractivity contribution in [2.24, 2.45) is 0 Å². The van der Waals surface area contributed by atoms with Crippen molar-refractivity contribution < 1.29 is 4.79 Å². The molecule has 4 rings (SSSR count). The number of anilines is 1. The Morgan fingerprint density at radius 2 is 2.04 bits per heavy atom. The van der Waals surface area contributed by atoms with Gasteiger partial charge < -0.3 is 10.2 Å². The number of amides is 1. The van der Waals surface area contributed by atoms with Crippen molar-refractivity contribution in [2.45, 2.75) is 20.4 Å². The topological polar surface area (TPSA) is 66.7 Å². The van der Waals surface area contributed by atoms with Gasteiger partial charge in [-0.2, -0.15) is 11.8 Å². The molecule has 1 fully saturated rings. The van der Waals surface area contributed by atoms with E-state index in [-0.39, 0.29) is 11.5 Å². The Morgan fingerprint density at radius 3 is 2.82 bits per heavy atom. The lowest BCUT2D eigenvalue weighted by Crippen LogP contribution is -2.38. The van der Waals surface area contributed by atoms with Crippen LogP contribution in [-0.4, -0.2) is 44.8 Å². The molecule has 0 spiro atoms. The molecule has 6 nitrogen and oxygen atoms in total. The number of carbonyl (C=O) groups is 1. The number of hydrogen-bond acceptors (Lipinski definition) is 6. The monoisotopic (exact) mass is 414 g/mol. The molecule has 2 aromatic heterocycles. The Hall–Kier alpha value is -2.32. The zero-order chi connectivity index (χ0) is 19.7. The fraction of sp³-hybridized carbons (Fsp3) is 0.350. The molecule has 146 valence electrons. The van der Waals surface area contributed by atoms with E-state index in [1.165, 1.54) is 11.3 Å². The molecule has 28 heavy (non-hydrogen) atoms. The zero-order valence-electron chi connectivity index (χ0n) is 15.9. The SMILES string of the molecule is Cc1c(NCc2cc(=O)n3c(C)csc3n2)cccc1C(=O)N1CCSCC1. The van der Waals surface area contributed by atoms with Gasteiger partial charge >= 0.3 is 0 Å². The minimum atomic E-state index is -0.0656. The van der Waals surface area contributed by atoms with Gasteiger partial charge in [-0.05, 0) is 31.5 Å². The van der Waals surface area contributed by atoms with Gasteiger partial charge in [0.05, 0.1) is 12.2 Å². The van der Waals surface area contributed by atoms with Crippen LogP contribution < -0.4 is 10.9 Å². The van der Waals surface area contributed by atoms with Gasteiger partial charge in [0.2, 0.25) is 0 Å². The van der Waals surface area contributed by atoms with E-state index in [1.807, 2.05) is 54.1 Å². The molecule has 0 radical (unpaired) electrons. The van der Waals surface area contributed by atoms with Gasteiger partial charge in [-0.25, -0.2) is 4.98 Å². The average molecular weight is 415 g/mol. The van der Waals surface area contributed by atoms with E-state index >= 15 is 0 Å². The van der Waals surface area contributed by atoms with Crippen LogP contribution in [0.2, 0.25) is 0 Å². The summed E-state index contributed by atoms with van der Waals surface area (Å²) in [4.78, 5) is 32.4. The summed E-state index contributed by atoms with van der Waals surface area (Å²) in [6.45, 7) is 5.89. The maximum Gasteiger partial charge on any atom is 0.259 e. The molecule has 1 aliphatic rings. The molecule has 0 unspecified atom stereocenters. The number of fused-ring (bicyclic) bond motifs is 1. The summed E-state index contributed by atoms with van der Waals surface area (Å²) >= 11 is 3.35. The van der Waals surface area contributed by atoms with Gasteiger partial charge in [0.25, 0.3) is 11.5 Å². The first-order chi connectivity index (χ1) is 13.5. The van der Waals surface area contributed by atoms with Crippen molar-refractivity contribution in [1.29, 1.82) is 0 Å². The molecule has 0 aliphatic carbocycles. The van der Waals surface area contributed by atoms with Crippen LogP contribution in [-0.2, 0) is 6.54 Å². The van der Waals surface area contributed by atoms with Gasteiger partial charge in [0, 0.05) is 53.0 Å². The molecule has 1 N–H and O–H groups in total. The third-order valence-corrected chi connectivity index (χ3v) is 6.84. The van der Waals surface area contributed by atoms with Crippen molar-refractivity contribution >= 4 is 39.7 Å². The van der Waals surface area contributed by atoms with E-state index < -0.39 is 0 Å². The van der Waals surface area contributed by atoms with E-state index in [9.17, 15) is 9.59 Å². The minimum absolute atomic E-state index is 0.0656. The van der Waals surface area contributed by atoms with E-state index in [4.69, 9.17) is 0 Å². The average Bonchev–Trinajstić information content (AvgIpc) is 3.08. The van der Waals surface area contributed by atoms with E-state index in [0.29, 0.717) is 17.2 Å². The van der Waals surface area contributed by atoms with Crippen LogP contribution in [0.5, 0.6) is 0 Å². The second-order valence-corrected chi connectivity index (χ2v) is 8.88. The summed E-state index contributed by atoms with van der Waals surface area (Å²) in [5.74, 6) is 2.08. The number of thioether (sulfide) groups is 1. The van der Waals surface area contributed by atoms with Crippen LogP contribution in [0.1, 0.15) is 27.3 Å². The predicted molar refractivity (Wildman–Crippen MR) is 116 cm³/mol. The first-order valence-electron chi connectivity index (χ1n) is 9.22. The summed E-state index contributed by atoms with van der Waals surface area (Å²) < 4.78 is 1.62. The van der Waals surface area contributed by atoms with Crippen LogP contribution in [0, 0.1) is 13.8 Å². The largest absolute Gasteiger partial charge is 0.379 e. The zero-order valence-corrected chi connectivity index (χ0v) is 17.5. The molecular weight excluding hydrogens is 392 g/mol. The highest BCUT2D eigenvalue weighted by atomic mass is 32.2. The maximum atomic E-state index is 12.9. The Labute approximate surface area is 171 Å². The molecule has 8 heteroatoms. The summed E-state index contributed by atoms with van der Waals surface area (Å²) in [5, 5.41) is 5.28. The number of hydrogen-bond donors (Lipinski definition) is 1. The molecule has 3 aromatic rings. The molecule has 0 atom stereocenters. The van der Waals surface area contributed by atoms with Crippen LogP contribution in [0.4, 0.5) is 5.69 Å². The van der Waals surface area contributed by atoms with Crippen molar-refractivity contribution in [3.63, 3.8) is 0 Å². The molecular formula is C20H22N4O2S2. The summed E-state index contributed by atoms with van der Waals surface area (Å²) in [7, 11) is 0. The maximum absolute atomic E-state index is 12.9. The number of thiazole rings is 1. The van der Waals surface area contributed by atoms with Crippen LogP contribution in [0.25, 0.3) is 4.96 Å². The number of aromatic nitrogens is 2. The third kappa shape index (κ3) is 3.66. The van der Waals surface area contributed by atoms with Crippen molar-refractivity contribution in [3.8, 4) is 0 Å². The van der Waals surface area contributed by atoms with Crippen molar-refractivity contribution in [3.05, 3.63) is 62.5 Å². The van der Waals surface area contributed by atoms with Gasteiger partial charge in [-0.3, -0.25) is 14.0 Å². The summed E-state index contributed by atoms with van der Waals surface area (Å²) in [5.41, 5.74) is 4.07. The number of carbonyl (C=O) groups excluding carboxylic acids is 1. The number of benzene rings is 1. The fourth-order valence-corrected chi connectivity index (χ4v) is 5.17. The van der Waals surface area contributed by atoms with Gasteiger partial charge in [-0.15, -0.1) is 11.3 Å². The van der Waals surface area contributed by atoms with Crippen molar-refractivity contribution in [1.82, 2.24) is 14.3 Å². The second-order valence-electron chi connectivity index (χ2n) is 6.82. The van der Waals surface area contributed by atoms with Gasteiger partial charge in [0.1, 0.15) is 0 Å². The number of nitrogens with one attached hydrogen (secondary N) is 1. The highest BCUT2D eigenvalue weighted by molar-refractivity contribution is 7.99. The Kier molecular flexibility index (Phi) is 5.41. The van der Waals surface area contributed by atoms with Crippen LogP contribution >= 0.6 is 23.1 Å². The van der Waals surface area contributed by atoms with E-state index in [0.717, 1.165) is 47.1 Å². The molecule has 1 amide bonds. The first-order valence-corrected chi connectivity index (χ1v) is 11.3. The minimum Gasteiger partial charge on any atom is -0.379 e. The summed E-state index contributed by atoms with van der Waals surface area (Å²) in [6.07, 6.45) is 0. The first kappa shape index (κ1) is 19.0. The molecule has 3 heterocycles. The summed E-state index contributed by atoms with van der Waals surface area (Å²) in [6, 6.07) is 7.30. The smallest absolute Gasteiger partial charge is 0.259 e. The molecule has 1 saturated heterocycles. The van der Waals surface area contributed by atoms with E-state index in [2.05, 4.69) is 10.3 Å². The fourth-order valence-electron chi connectivity index (χ4n) is 3.37. The highest BCUT2D eigenvalue weighted by Crippen LogP contribution is 2.22. The van der Waals surface area contributed by atoms with E-state index in [1.54, 1.807) is 10.5 Å². The lowest BCUT2D eigenvalue weighted by molar-refractivity contribution is 0.0771. The number of rotatable bonds is 4. The molecule has 0 saturated carbocycles. The number of nitrogens with zero attached hydrogens (tertiary/aromatic N) is 3. The Balaban J connectivity index is 1.54. The Bertz CT molecular complexity index is 1080. The third-order valence-electron chi connectivity index (χ3n) is 4.95. The van der Waals surface area contributed by atoms with Gasteiger partial charge in [0.15, 0.2) is 4.96 Å². The second kappa shape index (κ2) is 7.97. The quantitative estimate of drug-likeness (QED) is 0.710. The van der Waals surface area contributed by atoms with Crippen molar-refractivity contribution in [2.75, 3.05) is 29.9 Å². The number of aryl methyl sites for hydroxylation is 1. The predicted octanol–water partition coefficient (Wildman–Crippen LogP) is 3.17. The lowest BCUT2D eigenvalue weighted by atomic mass is 10.1. The molecule has 0 bridgehead atoms. The van der Waals surface area contributed by atoms with Crippen LogP contribution in [0.3, 0.4) is 0 Å². The highest BCUT2D eigenvalue weighted by Gasteiger charge is 2.20. The van der Waals surface area contributed by atoms with Gasteiger partial charge in [-0.1, -0.05) is 6.07 Å².